The van der Waals surface area contributed by atoms with Crippen molar-refractivity contribution in [1.29, 1.82) is 0 Å². The molecule has 0 bridgehead atoms. The number of carbonyl (C=O) groups excluding carboxylic acids is 2. The fraction of sp³-hybridized carbons (Fsp3) is 0.364. The van der Waals surface area contributed by atoms with E-state index >= 15 is 0 Å². The first-order chi connectivity index (χ1) is 8.51. The van der Waals surface area contributed by atoms with Gasteiger partial charge in [-0.3, -0.25) is 9.59 Å². The van der Waals surface area contributed by atoms with Gasteiger partial charge in [0, 0.05) is 13.1 Å². The molecule has 0 heterocycles. The number of hydrogen-bond donors (Lipinski definition) is 3. The molecule has 18 heavy (non-hydrogen) atoms. The van der Waals surface area contributed by atoms with Crippen LogP contribution in [0, 0.1) is 0 Å². The number of urea groups is 1. The Morgan fingerprint density at radius 1 is 1.06 bits per heavy atom. The number of amides is 3. The van der Waals surface area contributed by atoms with Gasteiger partial charge < -0.3 is 20.6 Å². The van der Waals surface area contributed by atoms with E-state index in [1.54, 1.807) is 12.2 Å². The molecular weight excluding hydrogens is 238 g/mol. The van der Waals surface area contributed by atoms with Crippen molar-refractivity contribution in [3.05, 3.63) is 25.3 Å². The highest BCUT2D eigenvalue weighted by Gasteiger charge is 2.11. The molecule has 0 saturated heterocycles. The highest BCUT2D eigenvalue weighted by atomic mass is 16.4. The van der Waals surface area contributed by atoms with Crippen molar-refractivity contribution in [3.63, 3.8) is 0 Å². The number of nitrogens with one attached hydrogen (secondary N) is 2. The van der Waals surface area contributed by atoms with Crippen LogP contribution in [0.15, 0.2) is 25.3 Å². The fourth-order valence-corrected chi connectivity index (χ4v) is 1.06. The van der Waals surface area contributed by atoms with E-state index in [2.05, 4.69) is 23.8 Å². The third kappa shape index (κ3) is 7.04. The molecule has 0 aromatic rings. The molecule has 0 aromatic heterocycles. The first kappa shape index (κ1) is 15.7. The monoisotopic (exact) mass is 255 g/mol. The molecule has 7 heteroatoms. The smallest absolute Gasteiger partial charge is 0.322 e. The summed E-state index contributed by atoms with van der Waals surface area (Å²) in [6.07, 6.45) is 3.10. The summed E-state index contributed by atoms with van der Waals surface area (Å²) in [5.41, 5.74) is 0. The lowest BCUT2D eigenvalue weighted by atomic mass is 10.4. The van der Waals surface area contributed by atoms with Crippen molar-refractivity contribution >= 4 is 17.9 Å². The van der Waals surface area contributed by atoms with E-state index in [1.165, 1.54) is 4.90 Å². The van der Waals surface area contributed by atoms with Gasteiger partial charge in [0.2, 0.25) is 5.91 Å². The maximum absolute atomic E-state index is 11.6. The van der Waals surface area contributed by atoms with Crippen molar-refractivity contribution < 1.29 is 19.5 Å². The minimum Gasteiger partial charge on any atom is -0.480 e. The molecule has 0 aliphatic carbocycles. The predicted molar refractivity (Wildman–Crippen MR) is 66.0 cm³/mol. The average molecular weight is 255 g/mol. The average Bonchev–Trinajstić information content (AvgIpc) is 2.33. The van der Waals surface area contributed by atoms with Crippen LogP contribution in [0.2, 0.25) is 0 Å². The van der Waals surface area contributed by atoms with Crippen molar-refractivity contribution in [2.24, 2.45) is 0 Å². The van der Waals surface area contributed by atoms with Gasteiger partial charge in [-0.2, -0.15) is 0 Å². The van der Waals surface area contributed by atoms with Crippen LogP contribution in [-0.4, -0.2) is 54.1 Å². The lowest BCUT2D eigenvalue weighted by molar-refractivity contribution is -0.137. The summed E-state index contributed by atoms with van der Waals surface area (Å²) in [5.74, 6) is -1.71. The quantitative estimate of drug-likeness (QED) is 0.512. The van der Waals surface area contributed by atoms with Gasteiger partial charge >= 0.3 is 12.0 Å². The topological polar surface area (TPSA) is 98.7 Å². The molecule has 0 aliphatic heterocycles. The van der Waals surface area contributed by atoms with Crippen LogP contribution in [0.4, 0.5) is 4.79 Å². The van der Waals surface area contributed by atoms with Crippen molar-refractivity contribution in [2.75, 3.05) is 26.2 Å². The third-order valence-electron chi connectivity index (χ3n) is 1.82. The Morgan fingerprint density at radius 2 is 1.61 bits per heavy atom. The Hall–Kier alpha value is -2.31. The molecule has 0 aliphatic rings. The Kier molecular flexibility index (Phi) is 7.67. The molecule has 0 rings (SSSR count). The molecule has 3 N–H and O–H groups in total. The maximum atomic E-state index is 11.6. The number of aliphatic carboxylic acids is 1. The Labute approximate surface area is 105 Å². The van der Waals surface area contributed by atoms with Crippen LogP contribution in [0.1, 0.15) is 0 Å². The van der Waals surface area contributed by atoms with Crippen LogP contribution in [0.5, 0.6) is 0 Å². The van der Waals surface area contributed by atoms with Crippen LogP contribution in [0.3, 0.4) is 0 Å². The highest BCUT2D eigenvalue weighted by molar-refractivity contribution is 5.86. The van der Waals surface area contributed by atoms with Crippen LogP contribution in [0.25, 0.3) is 0 Å². The maximum Gasteiger partial charge on any atom is 0.322 e. The van der Waals surface area contributed by atoms with Crippen LogP contribution < -0.4 is 10.6 Å². The number of carboxylic acids is 1. The van der Waals surface area contributed by atoms with Gasteiger partial charge in [-0.15, -0.1) is 13.2 Å². The molecule has 7 nitrogen and oxygen atoms in total. The SMILES string of the molecule is C=CCN(CC=C)C(=O)NCC(=O)NCC(=O)O. The van der Waals surface area contributed by atoms with Gasteiger partial charge in [0.1, 0.15) is 6.54 Å². The molecule has 0 fully saturated rings. The second kappa shape index (κ2) is 8.80. The molecule has 0 atom stereocenters. The van der Waals surface area contributed by atoms with Crippen molar-refractivity contribution in [1.82, 2.24) is 15.5 Å². The number of hydrogen-bond acceptors (Lipinski definition) is 3. The van der Waals surface area contributed by atoms with Gasteiger partial charge in [-0.05, 0) is 0 Å². The summed E-state index contributed by atoms with van der Waals surface area (Å²) in [5, 5.41) is 12.8. The molecule has 0 spiro atoms. The number of nitrogens with zero attached hydrogens (tertiary/aromatic N) is 1. The van der Waals surface area contributed by atoms with E-state index in [1.807, 2.05) is 0 Å². The molecule has 0 saturated carbocycles. The molecule has 100 valence electrons. The van der Waals surface area contributed by atoms with Gasteiger partial charge in [-0.25, -0.2) is 4.79 Å². The predicted octanol–water partition coefficient (Wildman–Crippen LogP) is -0.429. The van der Waals surface area contributed by atoms with E-state index < -0.39 is 24.5 Å². The molecule has 0 unspecified atom stereocenters. The zero-order chi connectivity index (χ0) is 14.0. The number of rotatable bonds is 8. The first-order valence-electron chi connectivity index (χ1n) is 5.24. The summed E-state index contributed by atoms with van der Waals surface area (Å²) in [6.45, 7) is 6.92. The summed E-state index contributed by atoms with van der Waals surface area (Å²) in [4.78, 5) is 34.3. The van der Waals surface area contributed by atoms with Crippen molar-refractivity contribution in [2.45, 2.75) is 0 Å². The molecular formula is C11H17N3O4. The first-order valence-corrected chi connectivity index (χ1v) is 5.24. The normalized spacial score (nSPS) is 9.11. The summed E-state index contributed by atoms with van der Waals surface area (Å²) >= 11 is 0. The lowest BCUT2D eigenvalue weighted by Gasteiger charge is -2.19. The third-order valence-corrected chi connectivity index (χ3v) is 1.82. The lowest BCUT2D eigenvalue weighted by Crippen LogP contribution is -2.45. The van der Waals surface area contributed by atoms with Gasteiger partial charge in [-0.1, -0.05) is 12.2 Å². The molecule has 0 radical (unpaired) electrons. The standard InChI is InChI=1S/C11H17N3O4/c1-3-5-14(6-4-2)11(18)13-7-9(15)12-8-10(16)17/h3-4H,1-2,5-8H2,(H,12,15)(H,13,18)(H,16,17). The molecule has 0 aromatic carbocycles. The van der Waals surface area contributed by atoms with Gasteiger partial charge in [0.05, 0.1) is 6.54 Å². The van der Waals surface area contributed by atoms with Gasteiger partial charge in [0.15, 0.2) is 0 Å². The minimum atomic E-state index is -1.14. The summed E-state index contributed by atoms with van der Waals surface area (Å²) in [6, 6.07) is -0.444. The fourth-order valence-electron chi connectivity index (χ4n) is 1.06. The highest BCUT2D eigenvalue weighted by Crippen LogP contribution is 1.90. The largest absolute Gasteiger partial charge is 0.480 e. The second-order valence-electron chi connectivity index (χ2n) is 3.31. The van der Waals surface area contributed by atoms with E-state index in [9.17, 15) is 14.4 Å². The van der Waals surface area contributed by atoms with E-state index in [0.29, 0.717) is 13.1 Å². The van der Waals surface area contributed by atoms with Crippen LogP contribution in [-0.2, 0) is 9.59 Å². The second-order valence-corrected chi connectivity index (χ2v) is 3.31. The number of carbonyl (C=O) groups is 3. The van der Waals surface area contributed by atoms with E-state index in [-0.39, 0.29) is 6.54 Å². The summed E-state index contributed by atoms with van der Waals surface area (Å²) in [7, 11) is 0. The Bertz CT molecular complexity index is 331. The Balaban J connectivity index is 4.05. The number of carboxylic acid groups (broad SMARTS) is 1. The van der Waals surface area contributed by atoms with Crippen LogP contribution >= 0.6 is 0 Å². The van der Waals surface area contributed by atoms with E-state index in [4.69, 9.17) is 5.11 Å². The van der Waals surface area contributed by atoms with E-state index in [0.717, 1.165) is 0 Å². The summed E-state index contributed by atoms with van der Waals surface area (Å²) < 4.78 is 0. The zero-order valence-electron chi connectivity index (χ0n) is 10.0. The Morgan fingerprint density at radius 3 is 2.06 bits per heavy atom. The van der Waals surface area contributed by atoms with Gasteiger partial charge in [0.25, 0.3) is 0 Å². The zero-order valence-corrected chi connectivity index (χ0v) is 10.0. The van der Waals surface area contributed by atoms with Crippen molar-refractivity contribution in [3.8, 4) is 0 Å². The minimum absolute atomic E-state index is 0.281. The molecule has 3 amide bonds.